The Labute approximate surface area is 115 Å². The molecule has 3 rings (SSSR count). The Morgan fingerprint density at radius 3 is 2.89 bits per heavy atom. The number of ether oxygens (including phenoxy) is 1. The highest BCUT2D eigenvalue weighted by molar-refractivity contribution is 5.18. The first-order valence-electron chi connectivity index (χ1n) is 7.06. The highest BCUT2D eigenvalue weighted by Gasteiger charge is 2.49. The molecule has 4 nitrogen and oxygen atoms in total. The fourth-order valence-electron chi connectivity index (χ4n) is 3.62. The predicted molar refractivity (Wildman–Crippen MR) is 75.1 cm³/mol. The number of hydrogen-bond donors (Lipinski definition) is 1. The van der Waals surface area contributed by atoms with E-state index in [1.807, 2.05) is 12.3 Å². The van der Waals surface area contributed by atoms with Gasteiger partial charge in [-0.05, 0) is 37.8 Å². The molecule has 2 atom stereocenters. The van der Waals surface area contributed by atoms with Crippen molar-refractivity contribution in [2.24, 2.45) is 11.8 Å². The molecule has 0 saturated carbocycles. The number of nitrogens with one attached hydrogen (secondary N) is 1. The van der Waals surface area contributed by atoms with E-state index in [1.165, 1.54) is 18.7 Å². The number of methoxy groups -OCH3 is 1. The summed E-state index contributed by atoms with van der Waals surface area (Å²) in [6, 6.07) is 4.06. The van der Waals surface area contributed by atoms with Gasteiger partial charge < -0.3 is 10.1 Å². The molecular weight excluding hydrogens is 238 g/mol. The fraction of sp³-hybridized carbons (Fsp3) is 0.667. The largest absolute Gasteiger partial charge is 0.481 e. The van der Waals surface area contributed by atoms with Gasteiger partial charge in [-0.3, -0.25) is 4.90 Å². The summed E-state index contributed by atoms with van der Waals surface area (Å²) >= 11 is 0. The number of nitrogens with zero attached hydrogens (tertiary/aromatic N) is 2. The van der Waals surface area contributed by atoms with Crippen LogP contribution >= 0.6 is 0 Å². The van der Waals surface area contributed by atoms with Gasteiger partial charge in [0, 0.05) is 37.4 Å². The zero-order chi connectivity index (χ0) is 13.5. The van der Waals surface area contributed by atoms with Crippen LogP contribution in [0.2, 0.25) is 0 Å². The van der Waals surface area contributed by atoms with Gasteiger partial charge in [-0.25, -0.2) is 4.98 Å². The molecule has 1 N–H and O–H groups in total. The third-order valence-corrected chi connectivity index (χ3v) is 4.90. The lowest BCUT2D eigenvalue weighted by molar-refractivity contribution is 0.132. The lowest BCUT2D eigenvalue weighted by Gasteiger charge is -2.35. The highest BCUT2D eigenvalue weighted by Crippen LogP contribution is 2.41. The average Bonchev–Trinajstić information content (AvgIpc) is 2.95. The van der Waals surface area contributed by atoms with Gasteiger partial charge in [-0.1, -0.05) is 6.07 Å². The third kappa shape index (κ3) is 2.23. The van der Waals surface area contributed by atoms with E-state index in [2.05, 4.69) is 35.1 Å². The minimum atomic E-state index is 0.272. The molecule has 4 heteroatoms. The van der Waals surface area contributed by atoms with Gasteiger partial charge >= 0.3 is 0 Å². The van der Waals surface area contributed by atoms with Gasteiger partial charge in [0.2, 0.25) is 5.88 Å². The van der Waals surface area contributed by atoms with Gasteiger partial charge in [-0.15, -0.1) is 0 Å². The Kier molecular flexibility index (Phi) is 3.23. The molecule has 0 aromatic carbocycles. The van der Waals surface area contributed by atoms with Crippen molar-refractivity contribution in [3.05, 3.63) is 23.9 Å². The second-order valence-electron chi connectivity index (χ2n) is 6.27. The second kappa shape index (κ2) is 4.76. The van der Waals surface area contributed by atoms with Crippen molar-refractivity contribution in [3.63, 3.8) is 0 Å². The molecule has 1 aromatic heterocycles. The zero-order valence-electron chi connectivity index (χ0n) is 12.0. The normalized spacial score (nSPS) is 29.4. The fourth-order valence-corrected chi connectivity index (χ4v) is 3.62. The van der Waals surface area contributed by atoms with Crippen LogP contribution in [0, 0.1) is 11.8 Å². The molecule has 1 aromatic rings. The highest BCUT2D eigenvalue weighted by atomic mass is 16.5. The van der Waals surface area contributed by atoms with E-state index in [1.54, 1.807) is 7.11 Å². The quantitative estimate of drug-likeness (QED) is 0.895. The summed E-state index contributed by atoms with van der Waals surface area (Å²) < 4.78 is 5.11. The summed E-state index contributed by atoms with van der Waals surface area (Å²) in [5.41, 5.74) is 1.54. The number of aromatic nitrogens is 1. The van der Waals surface area contributed by atoms with Crippen LogP contribution < -0.4 is 10.1 Å². The molecule has 2 fully saturated rings. The molecule has 0 bridgehead atoms. The van der Waals surface area contributed by atoms with Gasteiger partial charge in [-0.2, -0.15) is 0 Å². The van der Waals surface area contributed by atoms with Crippen LogP contribution in [-0.2, 0) is 6.54 Å². The summed E-state index contributed by atoms with van der Waals surface area (Å²) in [6.45, 7) is 9.26. The van der Waals surface area contributed by atoms with Crippen LogP contribution in [-0.4, -0.2) is 42.2 Å². The van der Waals surface area contributed by atoms with Crippen LogP contribution in [0.4, 0.5) is 0 Å². The van der Waals surface area contributed by atoms with Crippen LogP contribution in [0.1, 0.15) is 19.4 Å². The monoisotopic (exact) mass is 261 g/mol. The molecule has 3 heterocycles. The van der Waals surface area contributed by atoms with Crippen molar-refractivity contribution < 1.29 is 4.74 Å². The van der Waals surface area contributed by atoms with Crippen LogP contribution in [0.25, 0.3) is 0 Å². The Morgan fingerprint density at radius 1 is 1.42 bits per heavy atom. The van der Waals surface area contributed by atoms with Gasteiger partial charge in [0.1, 0.15) is 0 Å². The van der Waals surface area contributed by atoms with Crippen molar-refractivity contribution in [3.8, 4) is 5.88 Å². The van der Waals surface area contributed by atoms with Gasteiger partial charge in [0.25, 0.3) is 0 Å². The second-order valence-corrected chi connectivity index (χ2v) is 6.27. The Bertz CT molecular complexity index is 443. The first-order chi connectivity index (χ1) is 9.11. The van der Waals surface area contributed by atoms with E-state index >= 15 is 0 Å². The number of fused-ring (bicyclic) bond motifs is 1. The first kappa shape index (κ1) is 12.9. The SMILES string of the molecule is COc1ccc(CN2CC3CNCC3C2(C)C)cn1. The zero-order valence-corrected chi connectivity index (χ0v) is 12.0. The minimum absolute atomic E-state index is 0.272. The van der Waals surface area contributed by atoms with E-state index in [4.69, 9.17) is 4.74 Å². The van der Waals surface area contributed by atoms with E-state index in [9.17, 15) is 0 Å². The molecule has 2 aliphatic rings. The minimum Gasteiger partial charge on any atom is -0.481 e. The summed E-state index contributed by atoms with van der Waals surface area (Å²) in [4.78, 5) is 6.90. The smallest absolute Gasteiger partial charge is 0.212 e. The Balaban J connectivity index is 1.72. The molecule has 2 unspecified atom stereocenters. The maximum atomic E-state index is 5.11. The van der Waals surface area contributed by atoms with E-state index in [0.717, 1.165) is 24.9 Å². The standard InChI is InChI=1S/C15H23N3O/c1-15(2)13-8-16-7-12(13)10-18(15)9-11-4-5-14(19-3)17-6-11/h4-6,12-13,16H,7-10H2,1-3H3. The average molecular weight is 261 g/mol. The molecule has 0 radical (unpaired) electrons. The molecule has 19 heavy (non-hydrogen) atoms. The molecule has 2 aliphatic heterocycles. The van der Waals surface area contributed by atoms with Crippen molar-refractivity contribution in [1.29, 1.82) is 0 Å². The van der Waals surface area contributed by atoms with Gasteiger partial charge in [0.05, 0.1) is 7.11 Å². The maximum Gasteiger partial charge on any atom is 0.212 e. The first-order valence-corrected chi connectivity index (χ1v) is 7.06. The van der Waals surface area contributed by atoms with Crippen molar-refractivity contribution in [2.75, 3.05) is 26.7 Å². The summed E-state index contributed by atoms with van der Waals surface area (Å²) in [5, 5.41) is 3.52. The third-order valence-electron chi connectivity index (χ3n) is 4.90. The van der Waals surface area contributed by atoms with E-state index in [0.29, 0.717) is 5.88 Å². The van der Waals surface area contributed by atoms with E-state index in [-0.39, 0.29) is 5.54 Å². The predicted octanol–water partition coefficient (Wildman–Crippen LogP) is 1.52. The lowest BCUT2D eigenvalue weighted by atomic mass is 9.85. The van der Waals surface area contributed by atoms with Crippen molar-refractivity contribution >= 4 is 0 Å². The molecule has 104 valence electrons. The van der Waals surface area contributed by atoms with Crippen molar-refractivity contribution in [2.45, 2.75) is 25.9 Å². The lowest BCUT2D eigenvalue weighted by Crippen LogP contribution is -2.43. The van der Waals surface area contributed by atoms with Gasteiger partial charge in [0.15, 0.2) is 0 Å². The topological polar surface area (TPSA) is 37.4 Å². The summed E-state index contributed by atoms with van der Waals surface area (Å²) in [7, 11) is 1.65. The number of rotatable bonds is 3. The maximum absolute atomic E-state index is 5.11. The number of pyridine rings is 1. The van der Waals surface area contributed by atoms with Crippen LogP contribution in [0.5, 0.6) is 5.88 Å². The number of likely N-dealkylation sites (tertiary alicyclic amines) is 1. The Morgan fingerprint density at radius 2 is 2.26 bits per heavy atom. The summed E-state index contributed by atoms with van der Waals surface area (Å²) in [6.07, 6.45) is 1.93. The molecule has 0 amide bonds. The molecule has 0 aliphatic carbocycles. The van der Waals surface area contributed by atoms with Crippen LogP contribution in [0.3, 0.4) is 0 Å². The van der Waals surface area contributed by atoms with E-state index < -0.39 is 0 Å². The van der Waals surface area contributed by atoms with Crippen LogP contribution in [0.15, 0.2) is 18.3 Å². The summed E-state index contributed by atoms with van der Waals surface area (Å²) in [5.74, 6) is 2.27. The van der Waals surface area contributed by atoms with Crippen molar-refractivity contribution in [1.82, 2.24) is 15.2 Å². The molecular formula is C15H23N3O. The molecule has 2 saturated heterocycles. The number of hydrogen-bond acceptors (Lipinski definition) is 4. The molecule has 0 spiro atoms. The Hall–Kier alpha value is -1.13.